The lowest BCUT2D eigenvalue weighted by molar-refractivity contribution is 0.414. The molecular weight excluding hydrogens is 260 g/mol. The molecule has 2 N–H and O–H groups in total. The largest absolute Gasteiger partial charge is 0.368 e. The fourth-order valence-electron chi connectivity index (χ4n) is 1.21. The molecule has 0 spiro atoms. The molecule has 1 heterocycles. The maximum atomic E-state index is 12.2. The monoisotopic (exact) mass is 276 g/mol. The highest BCUT2D eigenvalue weighted by molar-refractivity contribution is 7.98. The van der Waals surface area contributed by atoms with Crippen LogP contribution in [0.2, 0.25) is 0 Å². The van der Waals surface area contributed by atoms with Crippen LogP contribution in [0.15, 0.2) is 17.3 Å². The summed E-state index contributed by atoms with van der Waals surface area (Å²) in [6, 6.07) is -0.0902. The number of nitrogens with two attached hydrogens (primary N) is 1. The van der Waals surface area contributed by atoms with Gasteiger partial charge in [-0.15, -0.1) is 0 Å². The third kappa shape index (κ3) is 3.30. The van der Waals surface area contributed by atoms with Crippen molar-refractivity contribution in [3.05, 3.63) is 12.4 Å². The zero-order valence-electron chi connectivity index (χ0n) is 9.99. The highest BCUT2D eigenvalue weighted by atomic mass is 32.2. The topological polar surface area (TPSA) is 89.2 Å². The van der Waals surface area contributed by atoms with Crippen LogP contribution in [0.25, 0.3) is 0 Å². The number of rotatable bonds is 5. The lowest BCUT2D eigenvalue weighted by Crippen LogP contribution is -2.36. The first-order valence-electron chi connectivity index (χ1n) is 4.94. The molecule has 1 rings (SSSR count). The van der Waals surface area contributed by atoms with Crippen molar-refractivity contribution in [1.82, 2.24) is 14.3 Å². The molecule has 0 saturated heterocycles. The summed E-state index contributed by atoms with van der Waals surface area (Å²) >= 11 is 1.59. The summed E-state index contributed by atoms with van der Waals surface area (Å²) < 4.78 is 25.6. The second kappa shape index (κ2) is 5.65. The van der Waals surface area contributed by atoms with Crippen LogP contribution in [-0.4, -0.2) is 47.8 Å². The molecule has 8 heteroatoms. The van der Waals surface area contributed by atoms with Gasteiger partial charge in [0.2, 0.25) is 16.0 Å². The second-order valence-corrected chi connectivity index (χ2v) is 6.51. The fraction of sp³-hybridized carbons (Fsp3) is 0.556. The number of aromatic nitrogens is 2. The number of nitrogen functional groups attached to an aromatic ring is 1. The molecule has 1 unspecified atom stereocenters. The number of thioether (sulfide) groups is 1. The Morgan fingerprint density at radius 1 is 1.47 bits per heavy atom. The summed E-state index contributed by atoms with van der Waals surface area (Å²) in [5.74, 6) is 0.787. The highest BCUT2D eigenvalue weighted by Gasteiger charge is 2.25. The molecule has 0 radical (unpaired) electrons. The van der Waals surface area contributed by atoms with Gasteiger partial charge < -0.3 is 5.73 Å². The Morgan fingerprint density at radius 2 is 2.00 bits per heavy atom. The van der Waals surface area contributed by atoms with E-state index in [1.165, 1.54) is 16.7 Å². The van der Waals surface area contributed by atoms with Crippen LogP contribution in [-0.2, 0) is 10.0 Å². The summed E-state index contributed by atoms with van der Waals surface area (Å²) in [6.07, 6.45) is 4.38. The smallest absolute Gasteiger partial charge is 0.246 e. The van der Waals surface area contributed by atoms with E-state index in [9.17, 15) is 8.42 Å². The highest BCUT2D eigenvalue weighted by Crippen LogP contribution is 2.16. The van der Waals surface area contributed by atoms with Gasteiger partial charge in [-0.05, 0) is 13.2 Å². The van der Waals surface area contributed by atoms with Gasteiger partial charge in [0.1, 0.15) is 4.90 Å². The van der Waals surface area contributed by atoms with Crippen LogP contribution in [0.1, 0.15) is 6.92 Å². The second-order valence-electron chi connectivity index (χ2n) is 3.60. The number of nitrogens with zero attached hydrogens (tertiary/aromatic N) is 3. The van der Waals surface area contributed by atoms with Crippen molar-refractivity contribution in [3.63, 3.8) is 0 Å². The summed E-state index contributed by atoms with van der Waals surface area (Å²) in [7, 11) is -1.99. The molecule has 1 aromatic heterocycles. The van der Waals surface area contributed by atoms with Gasteiger partial charge in [-0.25, -0.2) is 18.4 Å². The molecule has 0 aliphatic carbocycles. The number of anilines is 1. The Morgan fingerprint density at radius 3 is 2.47 bits per heavy atom. The molecule has 96 valence electrons. The van der Waals surface area contributed by atoms with Crippen molar-refractivity contribution >= 4 is 27.7 Å². The van der Waals surface area contributed by atoms with E-state index in [0.29, 0.717) is 0 Å². The molecule has 0 amide bonds. The van der Waals surface area contributed by atoms with E-state index in [-0.39, 0.29) is 16.9 Å². The third-order valence-electron chi connectivity index (χ3n) is 2.35. The van der Waals surface area contributed by atoms with Crippen LogP contribution in [0.5, 0.6) is 0 Å². The van der Waals surface area contributed by atoms with E-state index in [1.54, 1.807) is 18.8 Å². The normalized spacial score (nSPS) is 13.9. The van der Waals surface area contributed by atoms with Crippen molar-refractivity contribution in [2.75, 3.05) is 24.8 Å². The SMILES string of the molecule is CSCC(C)N(C)S(=O)(=O)c1cnc(N)nc1. The Hall–Kier alpha value is -0.860. The summed E-state index contributed by atoms with van der Waals surface area (Å²) in [5.41, 5.74) is 5.32. The van der Waals surface area contributed by atoms with Gasteiger partial charge in [0.15, 0.2) is 0 Å². The average Bonchev–Trinajstić information content (AvgIpc) is 2.29. The van der Waals surface area contributed by atoms with Gasteiger partial charge in [0.25, 0.3) is 0 Å². The molecule has 0 saturated carbocycles. The molecule has 17 heavy (non-hydrogen) atoms. The molecular formula is C9H16N4O2S2. The zero-order valence-corrected chi connectivity index (χ0v) is 11.6. The molecule has 0 fully saturated rings. The molecule has 6 nitrogen and oxygen atoms in total. The lowest BCUT2D eigenvalue weighted by Gasteiger charge is -2.23. The predicted molar refractivity (Wildman–Crippen MR) is 69.2 cm³/mol. The summed E-state index contributed by atoms with van der Waals surface area (Å²) in [4.78, 5) is 7.44. The number of hydrogen-bond donors (Lipinski definition) is 1. The molecule has 1 aromatic rings. The molecule has 0 bridgehead atoms. The molecule has 1 atom stereocenters. The van der Waals surface area contributed by atoms with Gasteiger partial charge in [0.05, 0.1) is 12.4 Å². The van der Waals surface area contributed by atoms with Crippen LogP contribution in [0.3, 0.4) is 0 Å². The minimum Gasteiger partial charge on any atom is -0.368 e. The molecule has 0 aliphatic heterocycles. The maximum Gasteiger partial charge on any atom is 0.246 e. The Labute approximate surface area is 106 Å². The Kier molecular flexibility index (Phi) is 4.72. The zero-order chi connectivity index (χ0) is 13.1. The van der Waals surface area contributed by atoms with E-state index in [0.717, 1.165) is 5.75 Å². The van der Waals surface area contributed by atoms with Gasteiger partial charge >= 0.3 is 0 Å². The molecule has 0 aromatic carbocycles. The standard InChI is InChI=1S/C9H16N4O2S2/c1-7(6-16-3)13(2)17(14,15)8-4-11-9(10)12-5-8/h4-5,7H,6H2,1-3H3,(H2,10,11,12). The molecule has 0 aliphatic rings. The van der Waals surface area contributed by atoms with E-state index in [1.807, 2.05) is 13.2 Å². The van der Waals surface area contributed by atoms with Crippen molar-refractivity contribution in [1.29, 1.82) is 0 Å². The first-order chi connectivity index (χ1) is 7.89. The summed E-state index contributed by atoms with van der Waals surface area (Å²) in [5, 5.41) is 0. The first-order valence-corrected chi connectivity index (χ1v) is 7.77. The number of hydrogen-bond acceptors (Lipinski definition) is 6. The van der Waals surface area contributed by atoms with Gasteiger partial charge in [0, 0.05) is 18.8 Å². The Balaban J connectivity index is 2.98. The minimum absolute atomic E-state index is 0.0575. The third-order valence-corrected chi connectivity index (χ3v) is 5.09. The van der Waals surface area contributed by atoms with Crippen molar-refractivity contribution in [2.24, 2.45) is 0 Å². The van der Waals surface area contributed by atoms with Crippen LogP contribution < -0.4 is 5.73 Å². The first kappa shape index (κ1) is 14.2. The number of sulfonamides is 1. The van der Waals surface area contributed by atoms with Crippen molar-refractivity contribution < 1.29 is 8.42 Å². The van der Waals surface area contributed by atoms with Crippen molar-refractivity contribution in [3.8, 4) is 0 Å². The van der Waals surface area contributed by atoms with Gasteiger partial charge in [-0.3, -0.25) is 0 Å². The Bertz CT molecular complexity index is 460. The fourth-order valence-corrected chi connectivity index (χ4v) is 3.26. The maximum absolute atomic E-state index is 12.2. The minimum atomic E-state index is -3.54. The van der Waals surface area contributed by atoms with Crippen LogP contribution in [0, 0.1) is 0 Å². The van der Waals surface area contributed by atoms with Crippen molar-refractivity contribution in [2.45, 2.75) is 17.9 Å². The average molecular weight is 276 g/mol. The van der Waals surface area contributed by atoms with Gasteiger partial charge in [-0.1, -0.05) is 0 Å². The predicted octanol–water partition coefficient (Wildman–Crippen LogP) is 0.431. The summed E-state index contributed by atoms with van der Waals surface area (Å²) in [6.45, 7) is 1.85. The lowest BCUT2D eigenvalue weighted by atomic mass is 10.4. The van der Waals surface area contributed by atoms with Gasteiger partial charge in [-0.2, -0.15) is 16.1 Å². The van der Waals surface area contributed by atoms with E-state index in [2.05, 4.69) is 9.97 Å². The van der Waals surface area contributed by atoms with E-state index >= 15 is 0 Å². The van der Waals surface area contributed by atoms with E-state index in [4.69, 9.17) is 5.73 Å². The quantitative estimate of drug-likeness (QED) is 0.839. The van der Waals surface area contributed by atoms with Crippen LogP contribution in [0.4, 0.5) is 5.95 Å². The van der Waals surface area contributed by atoms with E-state index < -0.39 is 10.0 Å². The van der Waals surface area contributed by atoms with Crippen LogP contribution >= 0.6 is 11.8 Å².